The van der Waals surface area contributed by atoms with E-state index in [0.29, 0.717) is 5.92 Å². The third-order valence-electron chi connectivity index (χ3n) is 10.6. The average molecular weight is 640 g/mol. The fourth-order valence-corrected chi connectivity index (χ4v) is 9.55. The van der Waals surface area contributed by atoms with E-state index in [9.17, 15) is 0 Å². The minimum Gasteiger partial charge on any atom is -0.252 e. The number of hydrogen-bond donors (Lipinski definition) is 0. The molecule has 0 bridgehead atoms. The molecule has 48 heavy (non-hydrogen) atoms. The van der Waals surface area contributed by atoms with Crippen molar-refractivity contribution in [2.45, 2.75) is 56.1 Å². The monoisotopic (exact) mass is 639 g/mol. The Kier molecular flexibility index (Phi) is 8.14. The zero-order chi connectivity index (χ0) is 32.8. The summed E-state index contributed by atoms with van der Waals surface area (Å²) in [6.07, 6.45) is 7.98. The van der Waals surface area contributed by atoms with Crippen molar-refractivity contribution in [3.8, 4) is 0 Å². The summed E-state index contributed by atoms with van der Waals surface area (Å²) in [6, 6.07) is 41.9. The largest absolute Gasteiger partial charge is 0.252 e. The minimum absolute atomic E-state index is 0.0637. The number of allylic oxidation sites excluding steroid dienone is 6. The first-order chi connectivity index (χ1) is 23.5. The van der Waals surface area contributed by atoms with Crippen LogP contribution in [0.2, 0.25) is 0 Å². The number of rotatable bonds is 6. The molecule has 5 aromatic carbocycles. The molecule has 0 radical (unpaired) electrons. The first-order valence-corrected chi connectivity index (χ1v) is 18.1. The Hall–Kier alpha value is -4.66. The quantitative estimate of drug-likeness (QED) is 0.168. The van der Waals surface area contributed by atoms with Gasteiger partial charge in [-0.05, 0) is 112 Å². The molecule has 1 heterocycles. The van der Waals surface area contributed by atoms with Gasteiger partial charge in [-0.25, -0.2) is 0 Å². The van der Waals surface area contributed by atoms with Gasteiger partial charge in [0, 0.05) is 22.0 Å². The van der Waals surface area contributed by atoms with Gasteiger partial charge in [-0.3, -0.25) is 4.99 Å². The zero-order valence-electron chi connectivity index (χ0n) is 28.0. The van der Waals surface area contributed by atoms with E-state index < -0.39 is 0 Å². The number of fused-ring (bicyclic) bond motifs is 4. The third kappa shape index (κ3) is 5.43. The van der Waals surface area contributed by atoms with Crippen LogP contribution in [0.5, 0.6) is 0 Å². The van der Waals surface area contributed by atoms with Crippen molar-refractivity contribution in [2.24, 2.45) is 10.9 Å². The molecule has 0 aromatic heterocycles. The first kappa shape index (κ1) is 30.7. The maximum absolute atomic E-state index is 5.53. The van der Waals surface area contributed by atoms with Crippen LogP contribution in [0.25, 0.3) is 16.3 Å². The molecule has 236 valence electrons. The molecular weight excluding hydrogens is 599 g/mol. The maximum atomic E-state index is 5.53. The third-order valence-corrected chi connectivity index (χ3v) is 12.0. The summed E-state index contributed by atoms with van der Waals surface area (Å²) in [4.78, 5) is 6.92. The molecule has 1 nitrogen and oxygen atoms in total. The van der Waals surface area contributed by atoms with Crippen LogP contribution >= 0.6 is 11.8 Å². The molecule has 2 aliphatic carbocycles. The predicted octanol–water partition coefficient (Wildman–Crippen LogP) is 12.3. The molecule has 0 fully saturated rings. The van der Waals surface area contributed by atoms with Gasteiger partial charge < -0.3 is 0 Å². The van der Waals surface area contributed by atoms with Crippen molar-refractivity contribution >= 4 is 39.5 Å². The summed E-state index contributed by atoms with van der Waals surface area (Å²) in [5.41, 5.74) is 15.4. The SMILES string of the molecule is C=C(C1=C(c2ccccc2C)C2=C(C=CCC2)[C@H]2Cc3cc4ccccc4cc3SC12)/C(=N/c1ccccc1C)C(C)c1ccccc1. The van der Waals surface area contributed by atoms with Crippen LogP contribution in [0, 0.1) is 19.8 Å². The molecule has 0 spiro atoms. The molecule has 0 saturated heterocycles. The lowest BCUT2D eigenvalue weighted by Gasteiger charge is -2.43. The Bertz CT molecular complexity index is 2190. The van der Waals surface area contributed by atoms with Gasteiger partial charge in [-0.15, -0.1) is 11.8 Å². The van der Waals surface area contributed by atoms with Crippen LogP contribution in [0.15, 0.2) is 166 Å². The van der Waals surface area contributed by atoms with E-state index in [1.165, 1.54) is 65.8 Å². The maximum Gasteiger partial charge on any atom is 0.0662 e. The van der Waals surface area contributed by atoms with Crippen LogP contribution in [-0.2, 0) is 6.42 Å². The highest BCUT2D eigenvalue weighted by molar-refractivity contribution is 8.00. The molecule has 2 heteroatoms. The van der Waals surface area contributed by atoms with Gasteiger partial charge in [-0.2, -0.15) is 0 Å². The van der Waals surface area contributed by atoms with E-state index in [4.69, 9.17) is 11.6 Å². The van der Waals surface area contributed by atoms with Gasteiger partial charge in [-0.1, -0.05) is 129 Å². The van der Waals surface area contributed by atoms with Crippen molar-refractivity contribution < 1.29 is 0 Å². The highest BCUT2D eigenvalue weighted by atomic mass is 32.2. The highest BCUT2D eigenvalue weighted by Crippen LogP contribution is 2.56. The summed E-state index contributed by atoms with van der Waals surface area (Å²) < 4.78 is 0. The Morgan fingerprint density at radius 2 is 1.50 bits per heavy atom. The molecule has 3 aliphatic rings. The summed E-state index contributed by atoms with van der Waals surface area (Å²) in [7, 11) is 0. The van der Waals surface area contributed by atoms with Crippen molar-refractivity contribution in [1.29, 1.82) is 0 Å². The Morgan fingerprint density at radius 1 is 0.812 bits per heavy atom. The lowest BCUT2D eigenvalue weighted by atomic mass is 9.68. The number of aryl methyl sites for hydroxylation is 2. The second-order valence-corrected chi connectivity index (χ2v) is 14.7. The van der Waals surface area contributed by atoms with Crippen LogP contribution < -0.4 is 0 Å². The Labute approximate surface area is 289 Å². The molecule has 3 atom stereocenters. The molecule has 0 saturated carbocycles. The van der Waals surface area contributed by atoms with E-state index >= 15 is 0 Å². The van der Waals surface area contributed by atoms with Gasteiger partial charge in [0.2, 0.25) is 0 Å². The second-order valence-electron chi connectivity index (χ2n) is 13.5. The summed E-state index contributed by atoms with van der Waals surface area (Å²) >= 11 is 2.04. The average Bonchev–Trinajstić information content (AvgIpc) is 3.12. The molecule has 8 rings (SSSR count). The topological polar surface area (TPSA) is 12.4 Å². The number of aliphatic imine (C=N–C) groups is 1. The van der Waals surface area contributed by atoms with E-state index in [1.807, 2.05) is 11.8 Å². The van der Waals surface area contributed by atoms with Gasteiger partial charge in [0.05, 0.1) is 11.4 Å². The lowest BCUT2D eigenvalue weighted by molar-refractivity contribution is 0.597. The molecule has 1 aliphatic heterocycles. The van der Waals surface area contributed by atoms with Gasteiger partial charge in [0.15, 0.2) is 0 Å². The van der Waals surface area contributed by atoms with E-state index in [2.05, 4.69) is 148 Å². The van der Waals surface area contributed by atoms with Crippen molar-refractivity contribution in [1.82, 2.24) is 0 Å². The highest BCUT2D eigenvalue weighted by Gasteiger charge is 2.43. The predicted molar refractivity (Wildman–Crippen MR) is 207 cm³/mol. The Balaban J connectivity index is 1.39. The Morgan fingerprint density at radius 3 is 2.27 bits per heavy atom. The number of nitrogens with zero attached hydrogens (tertiary/aromatic N) is 1. The normalized spacial score (nSPS) is 19.5. The van der Waals surface area contributed by atoms with Crippen LogP contribution in [-0.4, -0.2) is 11.0 Å². The van der Waals surface area contributed by atoms with Gasteiger partial charge in [0.25, 0.3) is 0 Å². The molecule has 0 amide bonds. The van der Waals surface area contributed by atoms with Gasteiger partial charge >= 0.3 is 0 Å². The standard InChI is InChI=1S/C46H41NS/c1-29-16-8-12-22-37(29)44-39-24-14-13-23-38(39)40-27-36-26-34-20-10-11-21-35(34)28-42(36)48-46(40)43(44)32(4)45(31(3)33-18-6-5-7-19-33)47-41-25-15-9-17-30(41)2/h5-13,15-23,25-26,28,31,40,46H,4,14,24,27H2,1-3H3/b47-45+/t31?,40-,46?/m1/s1. The van der Waals surface area contributed by atoms with E-state index in [-0.39, 0.29) is 11.2 Å². The summed E-state index contributed by atoms with van der Waals surface area (Å²) in [5.74, 6) is 0.426. The first-order valence-electron chi connectivity index (χ1n) is 17.2. The summed E-state index contributed by atoms with van der Waals surface area (Å²) in [6.45, 7) is 11.8. The minimum atomic E-state index is 0.0637. The number of para-hydroxylation sites is 1. The summed E-state index contributed by atoms with van der Waals surface area (Å²) in [5, 5.41) is 2.84. The van der Waals surface area contributed by atoms with Gasteiger partial charge in [0.1, 0.15) is 0 Å². The van der Waals surface area contributed by atoms with Crippen molar-refractivity contribution in [3.05, 3.63) is 184 Å². The van der Waals surface area contributed by atoms with E-state index in [0.717, 1.165) is 36.2 Å². The number of benzene rings is 5. The molecule has 0 N–H and O–H groups in total. The van der Waals surface area contributed by atoms with Crippen molar-refractivity contribution in [2.75, 3.05) is 0 Å². The van der Waals surface area contributed by atoms with Crippen LogP contribution in [0.1, 0.15) is 53.5 Å². The van der Waals surface area contributed by atoms with Crippen molar-refractivity contribution in [3.63, 3.8) is 0 Å². The number of thioether (sulfide) groups is 1. The molecule has 5 aromatic rings. The number of hydrogen-bond acceptors (Lipinski definition) is 2. The molecule has 2 unspecified atom stereocenters. The smallest absolute Gasteiger partial charge is 0.0662 e. The molecular formula is C46H41NS. The van der Waals surface area contributed by atoms with Crippen LogP contribution in [0.4, 0.5) is 5.69 Å². The second kappa shape index (κ2) is 12.7. The lowest BCUT2D eigenvalue weighted by Crippen LogP contribution is -2.34. The van der Waals surface area contributed by atoms with Crippen LogP contribution in [0.3, 0.4) is 0 Å². The zero-order valence-corrected chi connectivity index (χ0v) is 28.9. The fourth-order valence-electron chi connectivity index (χ4n) is 8.00. The fraction of sp³-hybridized carbons (Fsp3) is 0.196. The van der Waals surface area contributed by atoms with E-state index in [1.54, 1.807) is 0 Å².